The van der Waals surface area contributed by atoms with Crippen molar-refractivity contribution in [3.63, 3.8) is 0 Å². The molecule has 0 unspecified atom stereocenters. The first-order valence-electron chi connectivity index (χ1n) is 1.28. The van der Waals surface area contributed by atoms with Crippen LogP contribution in [-0.4, -0.2) is 14.7 Å². The van der Waals surface area contributed by atoms with Gasteiger partial charge in [-0.15, -0.1) is 0 Å². The summed E-state index contributed by atoms with van der Waals surface area (Å²) >= 11 is -4.28. The molecule has 10 heteroatoms. The van der Waals surface area contributed by atoms with Gasteiger partial charge in [-0.1, -0.05) is 0 Å². The Balaban J connectivity index is -0.0000000910. The summed E-state index contributed by atoms with van der Waals surface area (Å²) in [4.78, 5) is 21.6. The van der Waals surface area contributed by atoms with Crippen LogP contribution in [0.3, 0.4) is 0 Å². The zero-order chi connectivity index (χ0) is 8.08. The molecule has 0 fully saturated rings. The van der Waals surface area contributed by atoms with Crippen LogP contribution in [0.25, 0.3) is 0 Å². The minimum atomic E-state index is -4.64. The van der Waals surface area contributed by atoms with Crippen molar-refractivity contribution < 1.29 is 77.0 Å². The molecule has 0 spiro atoms. The summed E-state index contributed by atoms with van der Waals surface area (Å²) in [5, 5.41) is 0. The van der Waals surface area contributed by atoms with Crippen molar-refractivity contribution in [3.05, 3.63) is 0 Å². The summed E-state index contributed by atoms with van der Waals surface area (Å²) in [6.45, 7) is 0. The van der Waals surface area contributed by atoms with E-state index in [-0.39, 0.29) is 29.6 Å². The second-order valence-corrected chi connectivity index (χ2v) is 3.21. The van der Waals surface area contributed by atoms with Crippen LogP contribution in [-0.2, 0) is 29.0 Å². The van der Waals surface area contributed by atoms with Crippen molar-refractivity contribution in [3.8, 4) is 0 Å². The molecule has 0 aromatic rings. The number of phosphoric acid groups is 1. The van der Waals surface area contributed by atoms with E-state index >= 15 is 0 Å². The summed E-state index contributed by atoms with van der Waals surface area (Å²) in [6, 6.07) is 0. The Labute approximate surface area is 84.2 Å². The molecule has 10 heavy (non-hydrogen) atoms. The van der Waals surface area contributed by atoms with Gasteiger partial charge in [-0.05, 0) is 0 Å². The maximum absolute atomic E-state index is 8.88. The van der Waals surface area contributed by atoms with Crippen molar-refractivity contribution in [2.24, 2.45) is 0 Å². The van der Waals surface area contributed by atoms with Crippen LogP contribution in [0.5, 0.6) is 0 Å². The Morgan fingerprint density at radius 3 is 1.20 bits per heavy atom. The molecule has 0 heterocycles. The second kappa shape index (κ2) is 8.45. The number of hydrogen-bond donors (Lipinski definition) is 3. The third-order valence-electron chi connectivity index (χ3n) is 0. The molecule has 0 saturated heterocycles. The van der Waals surface area contributed by atoms with E-state index in [9.17, 15) is 0 Å². The van der Waals surface area contributed by atoms with E-state index < -0.39 is 25.4 Å². The van der Waals surface area contributed by atoms with Crippen LogP contribution in [0.4, 0.5) is 0 Å². The average molecular weight is 353 g/mol. The molecule has 0 radical (unpaired) electrons. The van der Waals surface area contributed by atoms with Gasteiger partial charge in [0.2, 0.25) is 0 Å². The van der Waals surface area contributed by atoms with Crippen LogP contribution < -0.4 is 33.3 Å². The molecule has 0 aliphatic rings. The van der Waals surface area contributed by atoms with Gasteiger partial charge in [-0.3, -0.25) is 0 Å². The third kappa shape index (κ3) is 354. The molecule has 0 saturated carbocycles. The number of rotatable bonds is 0. The first-order chi connectivity index (χ1) is 3.73. The van der Waals surface area contributed by atoms with Gasteiger partial charge in [-0.25, -0.2) is 4.57 Å². The zero-order valence-electron chi connectivity index (χ0n) is 4.83. The molecule has 0 aliphatic carbocycles. The van der Waals surface area contributed by atoms with E-state index in [1.54, 1.807) is 0 Å². The van der Waals surface area contributed by atoms with Gasteiger partial charge < -0.3 is 14.7 Å². The molecule has 0 rings (SSSR count). The average Bonchev–Trinajstić information content (AvgIpc) is 1.19. The van der Waals surface area contributed by atoms with Crippen molar-refractivity contribution in [1.29, 1.82) is 0 Å². The van der Waals surface area contributed by atoms with Crippen LogP contribution in [0.2, 0.25) is 0 Å². The predicted molar refractivity (Wildman–Crippen MR) is 15.6 cm³/mol. The van der Waals surface area contributed by atoms with Gasteiger partial charge in [0.1, 0.15) is 0 Å². The normalized spacial score (nSPS) is 8.40. The van der Waals surface area contributed by atoms with Crippen LogP contribution in [0.15, 0.2) is 0 Å². The van der Waals surface area contributed by atoms with Gasteiger partial charge in [0, 0.05) is 0 Å². The van der Waals surface area contributed by atoms with Crippen molar-refractivity contribution in [1.82, 2.24) is 0 Å². The van der Waals surface area contributed by atoms with Gasteiger partial charge in [0.15, 0.2) is 0 Å². The van der Waals surface area contributed by atoms with E-state index in [2.05, 4.69) is 0 Å². The summed E-state index contributed by atoms with van der Waals surface area (Å²) < 4.78 is 34.7. The summed E-state index contributed by atoms with van der Waals surface area (Å²) in [5.41, 5.74) is 0. The monoisotopic (exact) mass is 353 g/mol. The van der Waals surface area contributed by atoms with Crippen LogP contribution >= 0.6 is 7.82 Å². The van der Waals surface area contributed by atoms with E-state index in [1.165, 1.54) is 0 Å². The first kappa shape index (κ1) is 17.4. The van der Waals surface area contributed by atoms with E-state index in [0.29, 0.717) is 0 Å². The van der Waals surface area contributed by atoms with Crippen molar-refractivity contribution in [2.45, 2.75) is 0 Å². The predicted octanol–water partition coefficient (Wildman–Crippen LogP) is -5.35. The van der Waals surface area contributed by atoms with Crippen molar-refractivity contribution >= 4 is 7.82 Å². The fourth-order valence-corrected chi connectivity index (χ4v) is 0. The third-order valence-corrected chi connectivity index (χ3v) is 0. The van der Waals surface area contributed by atoms with Crippen molar-refractivity contribution in [2.75, 3.05) is 0 Å². The topological polar surface area (TPSA) is 135 Å². The summed E-state index contributed by atoms with van der Waals surface area (Å²) in [5.74, 6) is 0. The Hall–Kier alpha value is 1.36. The van der Waals surface area contributed by atoms with Gasteiger partial charge >= 0.3 is 65.6 Å². The molecule has 7 nitrogen and oxygen atoms in total. The zero-order valence-corrected chi connectivity index (χ0v) is 10.7. The molecule has 3 N–H and O–H groups in total. The second-order valence-electron chi connectivity index (χ2n) is 0.717. The summed E-state index contributed by atoms with van der Waals surface area (Å²) in [6.07, 6.45) is 0. The van der Waals surface area contributed by atoms with E-state index in [0.717, 1.165) is 0 Å². The fourth-order valence-electron chi connectivity index (χ4n) is 0. The maximum atomic E-state index is 8.88. The Bertz CT molecular complexity index is 148. The van der Waals surface area contributed by atoms with E-state index in [1.807, 2.05) is 0 Å². The standard InChI is InChI=1S/Na.H3O4P.3O.W/c;1-5(2,3)4;;;;/h;(H3,1,2,3,4);;;;/q+1;;;;-1;. The number of hydrogen-bond acceptors (Lipinski definition) is 4. The molecular weight excluding hydrogens is 350 g/mol. The Morgan fingerprint density at radius 1 is 1.20 bits per heavy atom. The first-order valence-corrected chi connectivity index (χ1v) is 6.44. The Kier molecular flexibility index (Phi) is 14.7. The minimum absolute atomic E-state index is 0. The molecule has 0 aliphatic heterocycles. The van der Waals surface area contributed by atoms with Gasteiger partial charge in [0.05, 0.1) is 0 Å². The molecule has 0 amide bonds. The molecular formula is H3NaO7PW. The Morgan fingerprint density at radius 2 is 1.20 bits per heavy atom. The SMILES string of the molecule is O=P(O)(O)O.[Na+].[O]=[W](=[O])[O-]. The summed E-state index contributed by atoms with van der Waals surface area (Å²) in [7, 11) is -4.64. The molecule has 0 aromatic heterocycles. The van der Waals surface area contributed by atoms with Crippen LogP contribution in [0, 0.1) is 0 Å². The molecule has 0 bridgehead atoms. The quantitative estimate of drug-likeness (QED) is 0.292. The molecule has 0 atom stereocenters. The van der Waals surface area contributed by atoms with Gasteiger partial charge in [-0.2, -0.15) is 0 Å². The molecule has 57 valence electrons. The van der Waals surface area contributed by atoms with Gasteiger partial charge in [0.25, 0.3) is 0 Å². The fraction of sp³-hybridized carbons (Fsp3) is 0. The van der Waals surface area contributed by atoms with E-state index in [4.69, 9.17) is 29.8 Å². The molecule has 0 aromatic carbocycles. The van der Waals surface area contributed by atoms with Crippen LogP contribution in [0.1, 0.15) is 0 Å².